The molecule has 0 unspecified atom stereocenters. The molecule has 1 aromatic heterocycles. The van der Waals surface area contributed by atoms with E-state index >= 15 is 0 Å². The van der Waals surface area contributed by atoms with Crippen molar-refractivity contribution in [3.63, 3.8) is 0 Å². The van der Waals surface area contributed by atoms with Gasteiger partial charge < -0.3 is 19.7 Å². The Balaban J connectivity index is 1.38. The summed E-state index contributed by atoms with van der Waals surface area (Å²) >= 11 is 0. The highest BCUT2D eigenvalue weighted by molar-refractivity contribution is 5.80. The Bertz CT molecular complexity index is 707. The molecule has 160 valence electrons. The first-order valence-corrected chi connectivity index (χ1v) is 10.0. The number of nitrogens with one attached hydrogen (secondary N) is 1. The van der Waals surface area contributed by atoms with Crippen molar-refractivity contribution in [2.24, 2.45) is 5.92 Å². The van der Waals surface area contributed by atoms with E-state index in [1.54, 1.807) is 18.5 Å². The molecule has 0 bridgehead atoms. The van der Waals surface area contributed by atoms with Crippen LogP contribution in [0.3, 0.4) is 0 Å². The first kappa shape index (κ1) is 20.3. The Morgan fingerprint density at radius 1 is 1.07 bits per heavy atom. The summed E-state index contributed by atoms with van der Waals surface area (Å²) in [4.78, 5) is 23.1. The fraction of sp³-hybridized carbons (Fsp3) is 0.737. The number of halogens is 3. The van der Waals surface area contributed by atoms with E-state index in [0.717, 1.165) is 0 Å². The lowest BCUT2D eigenvalue weighted by Crippen LogP contribution is -2.63. The summed E-state index contributed by atoms with van der Waals surface area (Å²) in [6.45, 7) is 1.86. The van der Waals surface area contributed by atoms with Gasteiger partial charge in [-0.25, -0.2) is 9.97 Å². The quantitative estimate of drug-likeness (QED) is 0.819. The molecule has 1 aliphatic carbocycles. The lowest BCUT2D eigenvalue weighted by molar-refractivity contribution is -0.243. The van der Waals surface area contributed by atoms with Crippen LogP contribution in [0.5, 0.6) is 0 Å². The molecule has 4 rings (SSSR count). The Morgan fingerprint density at radius 2 is 1.66 bits per heavy atom. The van der Waals surface area contributed by atoms with Crippen LogP contribution in [0, 0.1) is 5.92 Å². The largest absolute Gasteiger partial charge is 0.411 e. The number of alkyl halides is 3. The van der Waals surface area contributed by atoms with Crippen molar-refractivity contribution in [2.75, 3.05) is 31.2 Å². The molecule has 3 fully saturated rings. The maximum atomic E-state index is 14.0. The van der Waals surface area contributed by atoms with Gasteiger partial charge in [0.25, 0.3) is 0 Å². The Kier molecular flexibility index (Phi) is 5.41. The standard InChI is InChI=1S/C19H25F3N4O3/c20-19(21,22)17(4-6-18(7-5-17)28-12-13-29-18)25-15(27)14-2-10-26(11-3-14)16-23-8-1-9-24-16/h1,8-9,14H,2-7,10-13H2,(H,25,27). The van der Waals surface area contributed by atoms with Gasteiger partial charge in [-0.1, -0.05) is 0 Å². The normalized spacial score (nSPS) is 24.6. The average molecular weight is 414 g/mol. The average Bonchev–Trinajstić information content (AvgIpc) is 3.18. The van der Waals surface area contributed by atoms with E-state index in [1.807, 2.05) is 4.90 Å². The zero-order valence-corrected chi connectivity index (χ0v) is 16.1. The van der Waals surface area contributed by atoms with Crippen molar-refractivity contribution in [2.45, 2.75) is 56.0 Å². The minimum absolute atomic E-state index is 0.122. The highest BCUT2D eigenvalue weighted by Gasteiger charge is 2.60. The van der Waals surface area contributed by atoms with Crippen LogP contribution >= 0.6 is 0 Å². The van der Waals surface area contributed by atoms with Crippen LogP contribution in [0.15, 0.2) is 18.5 Å². The van der Waals surface area contributed by atoms with E-state index in [9.17, 15) is 18.0 Å². The third kappa shape index (κ3) is 4.05. The number of anilines is 1. The summed E-state index contributed by atoms with van der Waals surface area (Å²) < 4.78 is 53.0. The van der Waals surface area contributed by atoms with Crippen LogP contribution in [0.4, 0.5) is 19.1 Å². The number of carbonyl (C=O) groups is 1. The molecule has 1 spiro atoms. The maximum Gasteiger partial charge on any atom is 0.411 e. The number of piperidine rings is 1. The van der Waals surface area contributed by atoms with Crippen LogP contribution < -0.4 is 10.2 Å². The molecule has 1 aromatic rings. The molecule has 7 nitrogen and oxygen atoms in total. The monoisotopic (exact) mass is 414 g/mol. The lowest BCUT2D eigenvalue weighted by atomic mass is 9.77. The second kappa shape index (κ2) is 7.71. The smallest absolute Gasteiger partial charge is 0.348 e. The summed E-state index contributed by atoms with van der Waals surface area (Å²) in [6.07, 6.45) is -0.543. The molecule has 10 heteroatoms. The van der Waals surface area contributed by atoms with Crippen LogP contribution in [-0.2, 0) is 14.3 Å². The number of carbonyl (C=O) groups excluding carboxylic acids is 1. The Morgan fingerprint density at radius 3 is 2.21 bits per heavy atom. The highest BCUT2D eigenvalue weighted by Crippen LogP contribution is 2.47. The van der Waals surface area contributed by atoms with Crippen molar-refractivity contribution >= 4 is 11.9 Å². The maximum absolute atomic E-state index is 14.0. The van der Waals surface area contributed by atoms with Crippen LogP contribution in [0.2, 0.25) is 0 Å². The zero-order chi connectivity index (χ0) is 20.5. The van der Waals surface area contributed by atoms with Gasteiger partial charge in [-0.3, -0.25) is 4.79 Å². The molecule has 1 saturated carbocycles. The predicted molar refractivity (Wildman–Crippen MR) is 97.0 cm³/mol. The minimum Gasteiger partial charge on any atom is -0.348 e. The van der Waals surface area contributed by atoms with Crippen molar-refractivity contribution in [3.8, 4) is 0 Å². The fourth-order valence-corrected chi connectivity index (χ4v) is 4.46. The summed E-state index contributed by atoms with van der Waals surface area (Å²) in [6, 6.07) is 1.72. The van der Waals surface area contributed by atoms with E-state index in [0.29, 0.717) is 45.1 Å². The SMILES string of the molecule is O=C(NC1(C(F)(F)F)CCC2(CC1)OCCO2)C1CCN(c2ncccn2)CC1. The topological polar surface area (TPSA) is 76.6 Å². The molecule has 0 aromatic carbocycles. The number of hydrogen-bond donors (Lipinski definition) is 1. The summed E-state index contributed by atoms with van der Waals surface area (Å²) in [5.74, 6) is -1.32. The van der Waals surface area contributed by atoms with Gasteiger partial charge in [0.1, 0.15) is 5.54 Å². The van der Waals surface area contributed by atoms with Crippen molar-refractivity contribution < 1.29 is 27.4 Å². The van der Waals surface area contributed by atoms with E-state index in [2.05, 4.69) is 15.3 Å². The second-order valence-electron chi connectivity index (χ2n) is 7.99. The fourth-order valence-electron chi connectivity index (χ4n) is 4.46. The molecule has 2 saturated heterocycles. The highest BCUT2D eigenvalue weighted by atomic mass is 19.4. The van der Waals surface area contributed by atoms with Gasteiger partial charge in [-0.05, 0) is 31.7 Å². The number of rotatable bonds is 3. The van der Waals surface area contributed by atoms with Gasteiger partial charge >= 0.3 is 6.18 Å². The van der Waals surface area contributed by atoms with Gasteiger partial charge in [-0.2, -0.15) is 13.2 Å². The lowest BCUT2D eigenvalue weighted by Gasteiger charge is -2.45. The molecule has 1 N–H and O–H groups in total. The number of hydrogen-bond acceptors (Lipinski definition) is 6. The van der Waals surface area contributed by atoms with Gasteiger partial charge in [0, 0.05) is 44.2 Å². The molecule has 2 aliphatic heterocycles. The van der Waals surface area contributed by atoms with Gasteiger partial charge in [0.15, 0.2) is 5.79 Å². The molecule has 3 aliphatic rings. The van der Waals surface area contributed by atoms with Gasteiger partial charge in [0.2, 0.25) is 11.9 Å². The molecule has 0 radical (unpaired) electrons. The van der Waals surface area contributed by atoms with E-state index in [4.69, 9.17) is 9.47 Å². The van der Waals surface area contributed by atoms with E-state index in [1.165, 1.54) is 0 Å². The van der Waals surface area contributed by atoms with Crippen molar-refractivity contribution in [3.05, 3.63) is 18.5 Å². The molecule has 3 heterocycles. The van der Waals surface area contributed by atoms with Gasteiger partial charge in [0.05, 0.1) is 13.2 Å². The Labute approximate surface area is 167 Å². The van der Waals surface area contributed by atoms with Crippen molar-refractivity contribution in [1.82, 2.24) is 15.3 Å². The van der Waals surface area contributed by atoms with Crippen LogP contribution in [0.25, 0.3) is 0 Å². The molecule has 0 atom stereocenters. The molecular weight excluding hydrogens is 389 g/mol. The van der Waals surface area contributed by atoms with E-state index < -0.39 is 29.3 Å². The minimum atomic E-state index is -4.53. The van der Waals surface area contributed by atoms with Gasteiger partial charge in [-0.15, -0.1) is 0 Å². The second-order valence-corrected chi connectivity index (χ2v) is 7.99. The zero-order valence-electron chi connectivity index (χ0n) is 16.1. The first-order valence-electron chi connectivity index (χ1n) is 10.0. The molecule has 29 heavy (non-hydrogen) atoms. The van der Waals surface area contributed by atoms with Crippen LogP contribution in [0.1, 0.15) is 38.5 Å². The predicted octanol–water partition coefficient (Wildman–Crippen LogP) is 2.43. The summed E-state index contributed by atoms with van der Waals surface area (Å²) in [7, 11) is 0. The third-order valence-electron chi connectivity index (χ3n) is 6.28. The van der Waals surface area contributed by atoms with Crippen molar-refractivity contribution in [1.29, 1.82) is 0 Å². The number of amides is 1. The number of nitrogens with zero attached hydrogens (tertiary/aromatic N) is 3. The molecule has 1 amide bonds. The Hall–Kier alpha value is -1.94. The van der Waals surface area contributed by atoms with Crippen LogP contribution in [-0.4, -0.2) is 59.7 Å². The van der Waals surface area contributed by atoms with E-state index in [-0.39, 0.29) is 25.7 Å². The first-order chi connectivity index (χ1) is 13.8. The summed E-state index contributed by atoms with van der Waals surface area (Å²) in [5, 5.41) is 2.38. The molecular formula is C19H25F3N4O3. The summed E-state index contributed by atoms with van der Waals surface area (Å²) in [5.41, 5.74) is -2.22. The third-order valence-corrected chi connectivity index (χ3v) is 6.28. The number of aromatic nitrogens is 2. The number of ether oxygens (including phenoxy) is 2.